The lowest BCUT2D eigenvalue weighted by molar-refractivity contribution is -0.168. The number of phenolic OH excluding ortho intramolecular Hbond substituents is 1. The number of aliphatic hydroxyl groups excluding tert-OH is 1. The number of amides is 9. The van der Waals surface area contributed by atoms with Gasteiger partial charge in [0.2, 0.25) is 53.2 Å². The van der Waals surface area contributed by atoms with Crippen molar-refractivity contribution in [2.24, 2.45) is 5.73 Å². The van der Waals surface area contributed by atoms with Crippen LogP contribution in [0.5, 0.6) is 5.75 Å². The van der Waals surface area contributed by atoms with Gasteiger partial charge in [-0.1, -0.05) is 48.5 Å². The maximum absolute atomic E-state index is 15.1. The van der Waals surface area contributed by atoms with Crippen LogP contribution in [0.2, 0.25) is 0 Å². The maximum Gasteiger partial charge on any atom is 0.328 e. The summed E-state index contributed by atoms with van der Waals surface area (Å²) in [5, 5.41) is 34.5. The molecule has 4 rings (SSSR count). The van der Waals surface area contributed by atoms with E-state index in [4.69, 9.17) is 15.2 Å². The first-order valence-corrected chi connectivity index (χ1v) is 23.6. The zero-order valence-electron chi connectivity index (χ0n) is 41.3. The minimum atomic E-state index is -1.88. The monoisotopic (exact) mass is 1010 g/mol. The van der Waals surface area contributed by atoms with Crippen LogP contribution in [0.4, 0.5) is 0 Å². The minimum Gasteiger partial charge on any atom is -0.508 e. The topological polar surface area (TPSA) is 334 Å². The summed E-state index contributed by atoms with van der Waals surface area (Å²) in [5.74, 6) is -8.76. The van der Waals surface area contributed by atoms with Crippen molar-refractivity contribution in [3.8, 4) is 5.75 Å². The Kier molecular flexibility index (Phi) is 21.7. The second-order valence-electron chi connectivity index (χ2n) is 17.7. The third-order valence-electron chi connectivity index (χ3n) is 12.4. The number of cyclic esters (lactones) is 1. The number of aromatic hydroxyl groups is 1. The molecule has 392 valence electrons. The van der Waals surface area contributed by atoms with Crippen LogP contribution in [-0.2, 0) is 70.3 Å². The molecule has 2 aliphatic rings. The average Bonchev–Trinajstić information content (AvgIpc) is 3.35. The van der Waals surface area contributed by atoms with Crippen LogP contribution in [0.3, 0.4) is 0 Å². The molecule has 0 aromatic heterocycles. The lowest BCUT2D eigenvalue weighted by Gasteiger charge is -2.44. The standard InChI is InChI=1S/C49H67N9O14/c1-7-27(2)42(63)53-33(17-20-38(50)61)44(65)56-41-29(4)72-49(70)28(3)52-45(66)36(25-31-13-15-32(60)16-14-31)57(5)48(69)37(26-30-11-9-8-10-12-30)58-40(71-6)22-19-35(47(58)68)55-43(64)34(54-46(41)67)18-21-39(62)51-23-24-59/h7-16,28-29,33-37,40-41,59-60H,17-26H2,1-6H3,(H2,50,61)(H,51,62)(H,52,66)(H,53,63)(H,54,67)(H,55,64)(H,56,65)/b27-7+/t28-,29+,33-,34-,35-,36-,37-,40+,41-/m0/s1. The van der Waals surface area contributed by atoms with Crippen LogP contribution in [0.15, 0.2) is 66.2 Å². The van der Waals surface area contributed by atoms with Crippen LogP contribution < -0.4 is 37.6 Å². The maximum atomic E-state index is 15.1. The number of rotatable bonds is 17. The SMILES string of the molecule is C/C=C(\C)C(=O)N[C@@H](CCC(N)=O)C(=O)N[C@@H]1C(=O)N[C@@H](CCC(=O)NCCO)C(=O)N[C@H]2CC[C@@H](OC)N(C2=O)[C@@H](Cc2ccccc2)C(=O)N(C)[C@@H](Cc2ccc(O)cc2)C(=O)N[C@@H](C)C(=O)O[C@@H]1C. The van der Waals surface area contributed by atoms with E-state index in [9.17, 15) is 53.4 Å². The molecule has 9 atom stereocenters. The summed E-state index contributed by atoms with van der Waals surface area (Å²) in [4.78, 5) is 141. The van der Waals surface area contributed by atoms with Gasteiger partial charge in [0, 0.05) is 52.0 Å². The van der Waals surface area contributed by atoms with Crippen LogP contribution in [0, 0.1) is 0 Å². The molecule has 72 heavy (non-hydrogen) atoms. The average molecular weight is 1010 g/mol. The summed E-state index contributed by atoms with van der Waals surface area (Å²) in [6.45, 7) is 5.04. The van der Waals surface area contributed by atoms with E-state index in [1.165, 1.54) is 58.0 Å². The summed E-state index contributed by atoms with van der Waals surface area (Å²) < 4.78 is 11.5. The van der Waals surface area contributed by atoms with Crippen LogP contribution in [0.25, 0.3) is 0 Å². The van der Waals surface area contributed by atoms with Gasteiger partial charge in [0.05, 0.1) is 6.61 Å². The first-order valence-electron chi connectivity index (χ1n) is 23.6. The highest BCUT2D eigenvalue weighted by atomic mass is 16.5. The summed E-state index contributed by atoms with van der Waals surface area (Å²) in [7, 11) is 2.71. The molecule has 0 aliphatic carbocycles. The number of primary amides is 1. The summed E-state index contributed by atoms with van der Waals surface area (Å²) in [6, 6.07) is 4.05. The predicted molar refractivity (Wildman–Crippen MR) is 257 cm³/mol. The van der Waals surface area contributed by atoms with E-state index in [1.807, 2.05) is 0 Å². The number of carbonyl (C=O) groups excluding carboxylic acids is 10. The number of allylic oxidation sites excluding steroid dienone is 1. The molecule has 2 saturated heterocycles. The van der Waals surface area contributed by atoms with Gasteiger partial charge >= 0.3 is 5.97 Å². The number of benzene rings is 2. The van der Waals surface area contributed by atoms with Crippen molar-refractivity contribution in [2.75, 3.05) is 27.3 Å². The number of piperidine rings is 1. The summed E-state index contributed by atoms with van der Waals surface area (Å²) in [6.07, 6.45) is -2.81. The Balaban J connectivity index is 1.87. The molecule has 23 heteroatoms. The lowest BCUT2D eigenvalue weighted by Crippen LogP contribution is -2.65. The van der Waals surface area contributed by atoms with E-state index < -0.39 is 133 Å². The fourth-order valence-corrected chi connectivity index (χ4v) is 8.10. The molecule has 0 spiro atoms. The second kappa shape index (κ2) is 27.3. The van der Waals surface area contributed by atoms with Gasteiger partial charge in [-0.2, -0.15) is 0 Å². The van der Waals surface area contributed by atoms with Crippen molar-refractivity contribution < 1.29 is 67.6 Å². The van der Waals surface area contributed by atoms with Gasteiger partial charge < -0.3 is 67.1 Å². The molecule has 2 bridgehead atoms. The second-order valence-corrected chi connectivity index (χ2v) is 17.7. The van der Waals surface area contributed by atoms with E-state index >= 15 is 4.79 Å². The third kappa shape index (κ3) is 16.1. The van der Waals surface area contributed by atoms with Crippen molar-refractivity contribution in [1.29, 1.82) is 0 Å². The Labute approximate surface area is 417 Å². The molecule has 9 amide bonds. The van der Waals surface area contributed by atoms with Crippen molar-refractivity contribution in [1.82, 2.24) is 41.7 Å². The molecule has 2 aromatic rings. The fraction of sp³-hybridized carbons (Fsp3) is 0.510. The molecule has 0 saturated carbocycles. The highest BCUT2D eigenvalue weighted by Gasteiger charge is 2.46. The molecule has 0 radical (unpaired) electrons. The van der Waals surface area contributed by atoms with Gasteiger partial charge in [-0.05, 0) is 76.6 Å². The summed E-state index contributed by atoms with van der Waals surface area (Å²) >= 11 is 0. The van der Waals surface area contributed by atoms with Crippen LogP contribution in [-0.4, -0.2) is 161 Å². The van der Waals surface area contributed by atoms with E-state index in [2.05, 4.69) is 31.9 Å². The fourth-order valence-electron chi connectivity index (χ4n) is 8.10. The number of fused-ring (bicyclic) bond motifs is 2. The summed E-state index contributed by atoms with van der Waals surface area (Å²) in [5.41, 5.74) is 6.70. The lowest BCUT2D eigenvalue weighted by atomic mass is 9.95. The van der Waals surface area contributed by atoms with Crippen molar-refractivity contribution in [2.45, 2.75) is 134 Å². The first-order chi connectivity index (χ1) is 34.2. The molecular weight excluding hydrogens is 939 g/mol. The van der Waals surface area contributed by atoms with Gasteiger partial charge in [0.25, 0.3) is 0 Å². The molecule has 0 unspecified atom stereocenters. The molecule has 2 aliphatic heterocycles. The smallest absolute Gasteiger partial charge is 0.328 e. The predicted octanol–water partition coefficient (Wildman–Crippen LogP) is -1.52. The Hall–Kier alpha value is -7.40. The Morgan fingerprint density at radius 3 is 2.15 bits per heavy atom. The van der Waals surface area contributed by atoms with Crippen LogP contribution in [0.1, 0.15) is 77.3 Å². The van der Waals surface area contributed by atoms with E-state index in [0.717, 1.165) is 4.90 Å². The number of nitrogens with one attached hydrogen (secondary N) is 6. The molecule has 23 nitrogen and oxygen atoms in total. The quantitative estimate of drug-likeness (QED) is 0.0643. The first kappa shape index (κ1) is 57.2. The van der Waals surface area contributed by atoms with Gasteiger partial charge in [-0.15, -0.1) is 0 Å². The van der Waals surface area contributed by atoms with E-state index in [1.54, 1.807) is 49.4 Å². The number of ether oxygens (including phenoxy) is 2. The number of hydrogen-bond acceptors (Lipinski definition) is 14. The van der Waals surface area contributed by atoms with Gasteiger partial charge in [0.15, 0.2) is 0 Å². The number of carbonyl (C=O) groups is 10. The Bertz CT molecular complexity index is 2310. The normalized spacial score (nSPS) is 24.2. The van der Waals surface area contributed by atoms with E-state index in [0.29, 0.717) is 11.1 Å². The van der Waals surface area contributed by atoms with Crippen molar-refractivity contribution >= 4 is 59.1 Å². The van der Waals surface area contributed by atoms with E-state index in [-0.39, 0.29) is 56.4 Å². The number of aliphatic hydroxyl groups is 1. The van der Waals surface area contributed by atoms with Gasteiger partial charge in [-0.3, -0.25) is 43.2 Å². The Morgan fingerprint density at radius 2 is 1.53 bits per heavy atom. The molecular formula is C49H67N9O14. The largest absolute Gasteiger partial charge is 0.508 e. The van der Waals surface area contributed by atoms with Crippen molar-refractivity contribution in [3.05, 3.63) is 77.4 Å². The minimum absolute atomic E-state index is 0.0140. The zero-order valence-corrected chi connectivity index (χ0v) is 41.3. The number of nitrogens with two attached hydrogens (primary N) is 1. The van der Waals surface area contributed by atoms with Gasteiger partial charge in [0.1, 0.15) is 60.4 Å². The zero-order chi connectivity index (χ0) is 53.2. The highest BCUT2D eigenvalue weighted by molar-refractivity contribution is 6.00. The van der Waals surface area contributed by atoms with Gasteiger partial charge in [-0.25, -0.2) is 4.79 Å². The molecule has 2 aromatic carbocycles. The number of nitrogens with zero attached hydrogens (tertiary/aromatic N) is 2. The van der Waals surface area contributed by atoms with Crippen molar-refractivity contribution in [3.63, 3.8) is 0 Å². The number of phenols is 1. The number of likely N-dealkylation sites (N-methyl/N-ethyl adjacent to an activating group) is 1. The van der Waals surface area contributed by atoms with Crippen LogP contribution >= 0.6 is 0 Å². The number of methoxy groups -OCH3 is 1. The molecule has 2 heterocycles. The molecule has 2 fully saturated rings. The number of esters is 1. The third-order valence-corrected chi connectivity index (χ3v) is 12.4. The molecule has 10 N–H and O–H groups in total. The Morgan fingerprint density at radius 1 is 0.875 bits per heavy atom. The highest BCUT2D eigenvalue weighted by Crippen LogP contribution is 2.27. The number of hydrogen-bond donors (Lipinski definition) is 9.